The molecule has 0 aliphatic rings. The van der Waals surface area contributed by atoms with Crippen molar-refractivity contribution in [3.05, 3.63) is 56.7 Å². The number of Topliss-reactive ketones (excluding diaryl/α,β-unsaturated/α-hetero) is 1. The standard InChI is InChI=1S/C14H12ClNO3S/c15-12-6-5-11(20-12)13(18)14(19)16-7-9-3-1-2-4-10(9)8-17/h1-6,17H,7-8H2,(H,16,19). The molecular formula is C14H12ClNO3S. The minimum absolute atomic E-state index is 0.111. The maximum absolute atomic E-state index is 11.8. The molecule has 0 radical (unpaired) electrons. The first-order valence-electron chi connectivity index (χ1n) is 5.87. The summed E-state index contributed by atoms with van der Waals surface area (Å²) in [6.45, 7) is 0.0843. The third-order valence-corrected chi connectivity index (χ3v) is 3.96. The second-order valence-electron chi connectivity index (χ2n) is 4.04. The number of thiophene rings is 1. The molecule has 104 valence electrons. The molecule has 20 heavy (non-hydrogen) atoms. The SMILES string of the molecule is O=C(NCc1ccccc1CO)C(=O)c1ccc(Cl)s1. The van der Waals surface area contributed by atoms with Gasteiger partial charge in [-0.25, -0.2) is 0 Å². The van der Waals surface area contributed by atoms with E-state index in [1.807, 2.05) is 6.07 Å². The molecule has 0 aliphatic heterocycles. The highest BCUT2D eigenvalue weighted by molar-refractivity contribution is 7.18. The largest absolute Gasteiger partial charge is 0.392 e. The van der Waals surface area contributed by atoms with Crippen LogP contribution in [0.3, 0.4) is 0 Å². The number of aliphatic hydroxyl groups excluding tert-OH is 1. The van der Waals surface area contributed by atoms with Crippen LogP contribution in [0, 0.1) is 0 Å². The molecule has 0 aliphatic carbocycles. The number of halogens is 1. The second kappa shape index (κ2) is 6.65. The van der Waals surface area contributed by atoms with E-state index in [0.717, 1.165) is 22.5 Å². The fraction of sp³-hybridized carbons (Fsp3) is 0.143. The number of carbonyl (C=O) groups excluding carboxylic acids is 2. The molecule has 2 aromatic rings. The van der Waals surface area contributed by atoms with Gasteiger partial charge in [0.2, 0.25) is 0 Å². The predicted molar refractivity (Wildman–Crippen MR) is 77.9 cm³/mol. The van der Waals surface area contributed by atoms with Gasteiger partial charge >= 0.3 is 0 Å². The van der Waals surface area contributed by atoms with Crippen molar-refractivity contribution < 1.29 is 14.7 Å². The Bertz CT molecular complexity index is 639. The Morgan fingerprint density at radius 3 is 2.45 bits per heavy atom. The van der Waals surface area contributed by atoms with Crippen LogP contribution in [-0.2, 0) is 17.9 Å². The normalized spacial score (nSPS) is 10.3. The lowest BCUT2D eigenvalue weighted by molar-refractivity contribution is -0.117. The Hall–Kier alpha value is -1.69. The van der Waals surface area contributed by atoms with Gasteiger partial charge in [0.15, 0.2) is 0 Å². The number of hydrogen-bond donors (Lipinski definition) is 2. The van der Waals surface area contributed by atoms with Crippen molar-refractivity contribution in [1.82, 2.24) is 5.32 Å². The maximum atomic E-state index is 11.8. The number of ketones is 1. The number of hydrogen-bond acceptors (Lipinski definition) is 4. The van der Waals surface area contributed by atoms with Crippen molar-refractivity contribution in [3.63, 3.8) is 0 Å². The van der Waals surface area contributed by atoms with Crippen molar-refractivity contribution in [2.24, 2.45) is 0 Å². The van der Waals surface area contributed by atoms with Crippen LogP contribution in [0.5, 0.6) is 0 Å². The lowest BCUT2D eigenvalue weighted by Gasteiger charge is -2.08. The van der Waals surface area contributed by atoms with Crippen LogP contribution in [0.4, 0.5) is 0 Å². The highest BCUT2D eigenvalue weighted by atomic mass is 35.5. The van der Waals surface area contributed by atoms with Crippen molar-refractivity contribution in [1.29, 1.82) is 0 Å². The highest BCUT2D eigenvalue weighted by Gasteiger charge is 2.18. The molecule has 2 rings (SSSR count). The van der Waals surface area contributed by atoms with Crippen molar-refractivity contribution in [2.75, 3.05) is 0 Å². The molecule has 0 bridgehead atoms. The van der Waals surface area contributed by atoms with Crippen LogP contribution >= 0.6 is 22.9 Å². The van der Waals surface area contributed by atoms with E-state index < -0.39 is 11.7 Å². The fourth-order valence-corrected chi connectivity index (χ4v) is 2.67. The number of amides is 1. The van der Waals surface area contributed by atoms with E-state index in [0.29, 0.717) is 9.21 Å². The van der Waals surface area contributed by atoms with Crippen LogP contribution in [0.1, 0.15) is 20.8 Å². The first kappa shape index (κ1) is 14.7. The Morgan fingerprint density at radius 2 is 1.85 bits per heavy atom. The zero-order chi connectivity index (χ0) is 14.5. The minimum atomic E-state index is -0.684. The van der Waals surface area contributed by atoms with E-state index in [9.17, 15) is 14.7 Å². The molecule has 0 saturated heterocycles. The zero-order valence-electron chi connectivity index (χ0n) is 10.4. The van der Waals surface area contributed by atoms with Crippen molar-refractivity contribution >= 4 is 34.6 Å². The summed E-state index contributed by atoms with van der Waals surface area (Å²) in [6.07, 6.45) is 0. The summed E-state index contributed by atoms with van der Waals surface area (Å²) in [4.78, 5) is 23.9. The van der Waals surface area contributed by atoms with Gasteiger partial charge in [-0.3, -0.25) is 9.59 Å². The van der Waals surface area contributed by atoms with Gasteiger partial charge in [-0.05, 0) is 23.3 Å². The summed E-state index contributed by atoms with van der Waals surface area (Å²) in [5, 5.41) is 11.7. The van der Waals surface area contributed by atoms with Crippen LogP contribution in [0.2, 0.25) is 4.34 Å². The number of carbonyl (C=O) groups is 2. The van der Waals surface area contributed by atoms with Gasteiger partial charge < -0.3 is 10.4 Å². The molecule has 0 unspecified atom stereocenters. The predicted octanol–water partition coefficient (Wildman–Crippen LogP) is 2.39. The molecule has 2 N–H and O–H groups in total. The van der Waals surface area contributed by atoms with Crippen molar-refractivity contribution in [2.45, 2.75) is 13.2 Å². The van der Waals surface area contributed by atoms with E-state index in [-0.39, 0.29) is 13.2 Å². The minimum Gasteiger partial charge on any atom is -0.392 e. The van der Waals surface area contributed by atoms with Gasteiger partial charge in [0.05, 0.1) is 15.8 Å². The fourth-order valence-electron chi connectivity index (χ4n) is 1.69. The Morgan fingerprint density at radius 1 is 1.15 bits per heavy atom. The average Bonchev–Trinajstić information content (AvgIpc) is 2.90. The van der Waals surface area contributed by atoms with Crippen LogP contribution in [0.15, 0.2) is 36.4 Å². The van der Waals surface area contributed by atoms with Gasteiger partial charge in [-0.1, -0.05) is 35.9 Å². The Balaban J connectivity index is 2.00. The summed E-state index contributed by atoms with van der Waals surface area (Å²) in [6, 6.07) is 10.3. The first-order valence-corrected chi connectivity index (χ1v) is 7.06. The number of aliphatic hydroxyl groups is 1. The molecule has 0 saturated carbocycles. The Labute approximate surface area is 125 Å². The van der Waals surface area contributed by atoms with Crippen LogP contribution in [0.25, 0.3) is 0 Å². The number of rotatable bonds is 5. The number of nitrogens with one attached hydrogen (secondary N) is 1. The molecular weight excluding hydrogens is 298 g/mol. The zero-order valence-corrected chi connectivity index (χ0v) is 12.0. The summed E-state index contributed by atoms with van der Waals surface area (Å²) in [5.41, 5.74) is 1.50. The van der Waals surface area contributed by atoms with Gasteiger partial charge in [0.1, 0.15) is 0 Å². The molecule has 1 aromatic carbocycles. The van der Waals surface area contributed by atoms with Crippen LogP contribution in [-0.4, -0.2) is 16.8 Å². The van der Waals surface area contributed by atoms with E-state index >= 15 is 0 Å². The van der Waals surface area contributed by atoms with E-state index in [1.165, 1.54) is 6.07 Å². The second-order valence-corrected chi connectivity index (χ2v) is 5.76. The summed E-state index contributed by atoms with van der Waals surface area (Å²) >= 11 is 6.80. The molecule has 1 amide bonds. The summed E-state index contributed by atoms with van der Waals surface area (Å²) < 4.78 is 0.465. The van der Waals surface area contributed by atoms with Gasteiger partial charge in [-0.2, -0.15) is 0 Å². The average molecular weight is 310 g/mol. The number of benzene rings is 1. The van der Waals surface area contributed by atoms with Crippen LogP contribution < -0.4 is 5.32 Å². The van der Waals surface area contributed by atoms with Crippen molar-refractivity contribution in [3.8, 4) is 0 Å². The Kier molecular flexibility index (Phi) is 4.89. The smallest absolute Gasteiger partial charge is 0.293 e. The molecule has 1 aromatic heterocycles. The molecule has 1 heterocycles. The lowest BCUT2D eigenvalue weighted by atomic mass is 10.1. The quantitative estimate of drug-likeness (QED) is 0.658. The summed E-state index contributed by atoms with van der Waals surface area (Å²) in [5.74, 6) is -1.29. The third kappa shape index (κ3) is 3.45. The topological polar surface area (TPSA) is 66.4 Å². The monoisotopic (exact) mass is 309 g/mol. The van der Waals surface area contributed by atoms with Gasteiger partial charge in [0.25, 0.3) is 11.7 Å². The van der Waals surface area contributed by atoms with Gasteiger partial charge in [0, 0.05) is 6.54 Å². The lowest BCUT2D eigenvalue weighted by Crippen LogP contribution is -2.30. The molecule has 0 atom stereocenters. The molecule has 0 fully saturated rings. The first-order chi connectivity index (χ1) is 9.61. The molecule has 6 heteroatoms. The maximum Gasteiger partial charge on any atom is 0.293 e. The van der Waals surface area contributed by atoms with E-state index in [4.69, 9.17) is 11.6 Å². The third-order valence-electron chi connectivity index (χ3n) is 2.73. The van der Waals surface area contributed by atoms with E-state index in [2.05, 4.69) is 5.32 Å². The summed E-state index contributed by atoms with van der Waals surface area (Å²) in [7, 11) is 0. The molecule has 4 nitrogen and oxygen atoms in total. The molecule has 0 spiro atoms. The van der Waals surface area contributed by atoms with E-state index in [1.54, 1.807) is 24.3 Å². The highest BCUT2D eigenvalue weighted by Crippen LogP contribution is 2.21. The van der Waals surface area contributed by atoms with Gasteiger partial charge in [-0.15, -0.1) is 11.3 Å².